The summed E-state index contributed by atoms with van der Waals surface area (Å²) < 4.78 is 10.5. The number of rotatable bonds is 4. The van der Waals surface area contributed by atoms with Crippen LogP contribution in [0.1, 0.15) is 31.4 Å². The molecule has 4 nitrogen and oxygen atoms in total. The number of nitrogens with one attached hydrogen (secondary N) is 1. The van der Waals surface area contributed by atoms with Crippen molar-refractivity contribution in [3.63, 3.8) is 0 Å². The Bertz CT molecular complexity index is 396. The molecule has 2 atom stereocenters. The SMILES string of the molecule is COc1ccc([C@@H](C)NC(=O)[C@H]2CCCO2)cc1. The Kier molecular flexibility index (Phi) is 4.20. The average Bonchev–Trinajstić information content (AvgIpc) is 2.92. The molecular formula is C14H19NO3. The van der Waals surface area contributed by atoms with Crippen LogP contribution in [0.3, 0.4) is 0 Å². The molecule has 0 saturated carbocycles. The topological polar surface area (TPSA) is 47.6 Å². The summed E-state index contributed by atoms with van der Waals surface area (Å²) in [4.78, 5) is 11.9. The zero-order chi connectivity index (χ0) is 13.0. The lowest BCUT2D eigenvalue weighted by molar-refractivity contribution is -0.130. The fraction of sp³-hybridized carbons (Fsp3) is 0.500. The predicted octanol–water partition coefficient (Wildman–Crippen LogP) is 2.05. The summed E-state index contributed by atoms with van der Waals surface area (Å²) in [7, 11) is 1.64. The van der Waals surface area contributed by atoms with E-state index in [4.69, 9.17) is 9.47 Å². The molecule has 18 heavy (non-hydrogen) atoms. The third-order valence-electron chi connectivity index (χ3n) is 3.20. The monoisotopic (exact) mass is 249 g/mol. The molecule has 98 valence electrons. The van der Waals surface area contributed by atoms with Gasteiger partial charge in [-0.25, -0.2) is 0 Å². The van der Waals surface area contributed by atoms with Gasteiger partial charge in [0.2, 0.25) is 5.91 Å². The molecule has 4 heteroatoms. The Morgan fingerprint density at radius 1 is 1.44 bits per heavy atom. The van der Waals surface area contributed by atoms with E-state index in [1.54, 1.807) is 7.11 Å². The van der Waals surface area contributed by atoms with Crippen molar-refractivity contribution >= 4 is 5.91 Å². The van der Waals surface area contributed by atoms with E-state index in [-0.39, 0.29) is 18.1 Å². The van der Waals surface area contributed by atoms with Crippen LogP contribution in [0.2, 0.25) is 0 Å². The number of ether oxygens (including phenoxy) is 2. The summed E-state index contributed by atoms with van der Waals surface area (Å²) in [6, 6.07) is 7.68. The molecule has 1 amide bonds. The maximum Gasteiger partial charge on any atom is 0.249 e. The molecule has 0 radical (unpaired) electrons. The quantitative estimate of drug-likeness (QED) is 0.888. The van der Waals surface area contributed by atoms with Crippen LogP contribution in [-0.4, -0.2) is 25.7 Å². The van der Waals surface area contributed by atoms with E-state index in [9.17, 15) is 4.79 Å². The van der Waals surface area contributed by atoms with Gasteiger partial charge in [0, 0.05) is 6.61 Å². The first-order valence-electron chi connectivity index (χ1n) is 6.26. The maximum atomic E-state index is 11.9. The predicted molar refractivity (Wildman–Crippen MR) is 68.5 cm³/mol. The molecule has 1 saturated heterocycles. The number of hydrogen-bond donors (Lipinski definition) is 1. The van der Waals surface area contributed by atoms with Crippen LogP contribution >= 0.6 is 0 Å². The lowest BCUT2D eigenvalue weighted by Crippen LogP contribution is -2.35. The number of carbonyl (C=O) groups excluding carboxylic acids is 1. The highest BCUT2D eigenvalue weighted by Gasteiger charge is 2.24. The van der Waals surface area contributed by atoms with E-state index in [1.807, 2.05) is 31.2 Å². The first kappa shape index (κ1) is 12.9. The lowest BCUT2D eigenvalue weighted by Gasteiger charge is -2.17. The molecule has 1 aromatic carbocycles. The van der Waals surface area contributed by atoms with E-state index in [0.717, 1.165) is 24.2 Å². The molecule has 1 aliphatic heterocycles. The van der Waals surface area contributed by atoms with E-state index < -0.39 is 0 Å². The standard InChI is InChI=1S/C14H19NO3/c1-10(11-5-7-12(17-2)8-6-11)15-14(16)13-4-3-9-18-13/h5-8,10,13H,3-4,9H2,1-2H3,(H,15,16)/t10-,13-/m1/s1. The van der Waals surface area contributed by atoms with Crippen molar-refractivity contribution in [2.24, 2.45) is 0 Å². The minimum atomic E-state index is -0.273. The highest BCUT2D eigenvalue weighted by molar-refractivity contribution is 5.81. The minimum absolute atomic E-state index is 0.0178. The first-order valence-corrected chi connectivity index (χ1v) is 6.26. The Morgan fingerprint density at radius 2 is 2.17 bits per heavy atom. The highest BCUT2D eigenvalue weighted by Crippen LogP contribution is 2.18. The lowest BCUT2D eigenvalue weighted by atomic mass is 10.1. The van der Waals surface area contributed by atoms with Gasteiger partial charge in [-0.2, -0.15) is 0 Å². The van der Waals surface area contributed by atoms with Crippen molar-refractivity contribution in [1.29, 1.82) is 0 Å². The van der Waals surface area contributed by atoms with E-state index >= 15 is 0 Å². The summed E-state index contributed by atoms with van der Waals surface area (Å²) in [6.45, 7) is 2.66. The van der Waals surface area contributed by atoms with Gasteiger partial charge in [0.15, 0.2) is 0 Å². The largest absolute Gasteiger partial charge is 0.497 e. The Morgan fingerprint density at radius 3 is 2.72 bits per heavy atom. The van der Waals surface area contributed by atoms with Gasteiger partial charge in [0.05, 0.1) is 13.2 Å². The smallest absolute Gasteiger partial charge is 0.249 e. The summed E-state index contributed by atoms with van der Waals surface area (Å²) in [5.74, 6) is 0.798. The number of carbonyl (C=O) groups is 1. The minimum Gasteiger partial charge on any atom is -0.497 e. The third kappa shape index (κ3) is 3.01. The molecule has 1 fully saturated rings. The third-order valence-corrected chi connectivity index (χ3v) is 3.20. The van der Waals surface area contributed by atoms with Crippen molar-refractivity contribution in [3.05, 3.63) is 29.8 Å². The number of benzene rings is 1. The molecule has 1 aliphatic rings. The summed E-state index contributed by atoms with van der Waals surface area (Å²) in [5.41, 5.74) is 1.06. The van der Waals surface area contributed by atoms with Crippen molar-refractivity contribution in [1.82, 2.24) is 5.32 Å². The number of amides is 1. The van der Waals surface area contributed by atoms with Gasteiger partial charge in [0.1, 0.15) is 11.9 Å². The molecule has 0 unspecified atom stereocenters. The highest BCUT2D eigenvalue weighted by atomic mass is 16.5. The van der Waals surface area contributed by atoms with Gasteiger partial charge in [-0.3, -0.25) is 4.79 Å². The summed E-state index contributed by atoms with van der Waals surface area (Å²) in [5, 5.41) is 2.97. The fourth-order valence-corrected chi connectivity index (χ4v) is 2.07. The van der Waals surface area contributed by atoms with Crippen LogP contribution in [0.25, 0.3) is 0 Å². The number of hydrogen-bond acceptors (Lipinski definition) is 3. The van der Waals surface area contributed by atoms with Crippen molar-refractivity contribution in [3.8, 4) is 5.75 Å². The van der Waals surface area contributed by atoms with E-state index in [2.05, 4.69) is 5.32 Å². The van der Waals surface area contributed by atoms with Crippen LogP contribution in [0.15, 0.2) is 24.3 Å². The van der Waals surface area contributed by atoms with Gasteiger partial charge in [-0.15, -0.1) is 0 Å². The Balaban J connectivity index is 1.93. The Hall–Kier alpha value is -1.55. The fourth-order valence-electron chi connectivity index (χ4n) is 2.07. The van der Waals surface area contributed by atoms with Gasteiger partial charge in [-0.05, 0) is 37.5 Å². The van der Waals surface area contributed by atoms with E-state index in [0.29, 0.717) is 6.61 Å². The number of methoxy groups -OCH3 is 1. The second-order valence-corrected chi connectivity index (χ2v) is 4.51. The molecule has 1 N–H and O–H groups in total. The van der Waals surface area contributed by atoms with E-state index in [1.165, 1.54) is 0 Å². The molecule has 0 aromatic heterocycles. The second-order valence-electron chi connectivity index (χ2n) is 4.51. The van der Waals surface area contributed by atoms with Gasteiger partial charge < -0.3 is 14.8 Å². The van der Waals surface area contributed by atoms with Gasteiger partial charge in [-0.1, -0.05) is 12.1 Å². The molecule has 0 bridgehead atoms. The molecular weight excluding hydrogens is 230 g/mol. The molecule has 2 rings (SSSR count). The second kappa shape index (κ2) is 5.87. The van der Waals surface area contributed by atoms with Crippen LogP contribution < -0.4 is 10.1 Å². The van der Waals surface area contributed by atoms with Crippen LogP contribution in [-0.2, 0) is 9.53 Å². The zero-order valence-electron chi connectivity index (χ0n) is 10.8. The molecule has 1 aromatic rings. The van der Waals surface area contributed by atoms with Crippen LogP contribution in [0.4, 0.5) is 0 Å². The molecule has 0 aliphatic carbocycles. The molecule has 0 spiro atoms. The summed E-state index contributed by atoms with van der Waals surface area (Å²) in [6.07, 6.45) is 1.52. The van der Waals surface area contributed by atoms with Crippen LogP contribution in [0.5, 0.6) is 5.75 Å². The van der Waals surface area contributed by atoms with Crippen molar-refractivity contribution in [2.45, 2.75) is 31.9 Å². The molecule has 1 heterocycles. The van der Waals surface area contributed by atoms with Gasteiger partial charge in [0.25, 0.3) is 0 Å². The normalized spacial score (nSPS) is 20.4. The van der Waals surface area contributed by atoms with Crippen molar-refractivity contribution < 1.29 is 14.3 Å². The first-order chi connectivity index (χ1) is 8.70. The Labute approximate surface area is 107 Å². The average molecular weight is 249 g/mol. The van der Waals surface area contributed by atoms with Crippen molar-refractivity contribution in [2.75, 3.05) is 13.7 Å². The maximum absolute atomic E-state index is 11.9. The summed E-state index contributed by atoms with van der Waals surface area (Å²) >= 11 is 0. The van der Waals surface area contributed by atoms with Gasteiger partial charge >= 0.3 is 0 Å². The zero-order valence-corrected chi connectivity index (χ0v) is 10.8. The van der Waals surface area contributed by atoms with Crippen LogP contribution in [0, 0.1) is 0 Å².